The first-order valence-electron chi connectivity index (χ1n) is 8.39. The fourth-order valence-electron chi connectivity index (χ4n) is 2.63. The van der Waals surface area contributed by atoms with Crippen molar-refractivity contribution in [2.45, 2.75) is 18.9 Å². The zero-order valence-electron chi connectivity index (χ0n) is 15.1. The fourth-order valence-corrected chi connectivity index (χ4v) is 4.30. The Morgan fingerprint density at radius 3 is 2.70 bits per heavy atom. The van der Waals surface area contributed by atoms with Gasteiger partial charge in [-0.2, -0.15) is 0 Å². The van der Waals surface area contributed by atoms with E-state index in [1.807, 2.05) is 6.07 Å². The maximum Gasteiger partial charge on any atom is 0.344 e. The summed E-state index contributed by atoms with van der Waals surface area (Å²) in [5.41, 5.74) is 0.988. The molecule has 148 valence electrons. The molecule has 1 heterocycles. The van der Waals surface area contributed by atoms with Crippen molar-refractivity contribution in [3.63, 3.8) is 0 Å². The third-order valence-corrected chi connectivity index (χ3v) is 5.68. The van der Waals surface area contributed by atoms with Crippen molar-refractivity contribution >= 4 is 21.7 Å². The molecule has 1 aliphatic rings. The first kappa shape index (κ1) is 20.8. The summed E-state index contributed by atoms with van der Waals surface area (Å²) in [6.07, 6.45) is 2.81. The Labute approximate surface area is 158 Å². The summed E-state index contributed by atoms with van der Waals surface area (Å²) in [6, 6.07) is 4.85. The minimum atomic E-state index is -3.08. The molecule has 1 amide bonds. The molecule has 0 radical (unpaired) electrons. The van der Waals surface area contributed by atoms with Crippen LogP contribution in [0.2, 0.25) is 0 Å². The van der Waals surface area contributed by atoms with E-state index in [0.717, 1.165) is 5.56 Å². The number of hydrogen-bond donors (Lipinski definition) is 1. The second kappa shape index (κ2) is 9.40. The van der Waals surface area contributed by atoms with Crippen LogP contribution in [-0.2, 0) is 30.6 Å². The van der Waals surface area contributed by atoms with E-state index in [9.17, 15) is 18.0 Å². The highest BCUT2D eigenvalue weighted by Crippen LogP contribution is 2.28. The second-order valence-corrected chi connectivity index (χ2v) is 8.32. The number of esters is 1. The van der Waals surface area contributed by atoms with Gasteiger partial charge in [-0.3, -0.25) is 4.79 Å². The minimum Gasteiger partial charge on any atom is -0.493 e. The van der Waals surface area contributed by atoms with E-state index in [0.29, 0.717) is 24.3 Å². The predicted molar refractivity (Wildman–Crippen MR) is 98.6 cm³/mol. The molecule has 1 fully saturated rings. The molecule has 1 atom stereocenters. The monoisotopic (exact) mass is 397 g/mol. The second-order valence-electron chi connectivity index (χ2n) is 6.09. The van der Waals surface area contributed by atoms with Crippen LogP contribution in [-0.4, -0.2) is 58.2 Å². The van der Waals surface area contributed by atoms with Gasteiger partial charge in [0, 0.05) is 6.04 Å². The van der Waals surface area contributed by atoms with Gasteiger partial charge in [-0.05, 0) is 30.5 Å². The molecular formula is C18H23NO7S. The number of nitrogens with one attached hydrogen (secondary N) is 1. The lowest BCUT2D eigenvalue weighted by atomic mass is 10.1. The van der Waals surface area contributed by atoms with Crippen molar-refractivity contribution in [3.05, 3.63) is 36.4 Å². The molecule has 0 bridgehead atoms. The van der Waals surface area contributed by atoms with Gasteiger partial charge in [-0.15, -0.1) is 6.58 Å². The molecule has 9 heteroatoms. The van der Waals surface area contributed by atoms with Crippen molar-refractivity contribution in [2.24, 2.45) is 0 Å². The lowest BCUT2D eigenvalue weighted by Gasteiger charge is -2.13. The van der Waals surface area contributed by atoms with Gasteiger partial charge in [-0.1, -0.05) is 12.1 Å². The average molecular weight is 397 g/mol. The number of carbonyl (C=O) groups excluding carboxylic acids is 2. The van der Waals surface area contributed by atoms with Crippen molar-refractivity contribution in [3.8, 4) is 11.5 Å². The lowest BCUT2D eigenvalue weighted by Crippen LogP contribution is -2.38. The number of hydrogen-bond acceptors (Lipinski definition) is 7. The molecule has 1 aromatic carbocycles. The highest BCUT2D eigenvalue weighted by Gasteiger charge is 2.29. The third kappa shape index (κ3) is 6.59. The first-order chi connectivity index (χ1) is 12.8. The SMILES string of the molecule is C=CCc1ccc(OCC(=O)OCC(=O)N[C@H]2CCS(=O)(=O)C2)c(OC)c1. The third-order valence-electron chi connectivity index (χ3n) is 3.92. The molecule has 27 heavy (non-hydrogen) atoms. The van der Waals surface area contributed by atoms with E-state index in [2.05, 4.69) is 11.9 Å². The molecule has 1 aliphatic heterocycles. The number of ether oxygens (including phenoxy) is 3. The number of carbonyl (C=O) groups is 2. The molecule has 0 aliphatic carbocycles. The molecule has 1 saturated heterocycles. The van der Waals surface area contributed by atoms with E-state index in [-0.39, 0.29) is 18.1 Å². The Hall–Kier alpha value is -2.55. The van der Waals surface area contributed by atoms with Crippen LogP contribution < -0.4 is 14.8 Å². The number of rotatable bonds is 9. The highest BCUT2D eigenvalue weighted by molar-refractivity contribution is 7.91. The molecule has 0 aromatic heterocycles. The lowest BCUT2D eigenvalue weighted by molar-refractivity contribution is -0.150. The summed E-state index contributed by atoms with van der Waals surface area (Å²) in [5, 5.41) is 2.54. The Morgan fingerprint density at radius 2 is 2.07 bits per heavy atom. The molecule has 1 aromatic rings. The van der Waals surface area contributed by atoms with Crippen molar-refractivity contribution in [1.29, 1.82) is 0 Å². The van der Waals surface area contributed by atoms with Gasteiger partial charge in [0.05, 0.1) is 18.6 Å². The van der Waals surface area contributed by atoms with E-state index in [1.54, 1.807) is 18.2 Å². The van der Waals surface area contributed by atoms with Crippen molar-refractivity contribution < 1.29 is 32.2 Å². The number of benzene rings is 1. The smallest absolute Gasteiger partial charge is 0.344 e. The van der Waals surface area contributed by atoms with Gasteiger partial charge in [0.25, 0.3) is 5.91 Å². The number of allylic oxidation sites excluding steroid dienone is 1. The van der Waals surface area contributed by atoms with Crippen LogP contribution in [0.5, 0.6) is 11.5 Å². The average Bonchev–Trinajstić information content (AvgIpc) is 2.97. The van der Waals surface area contributed by atoms with Crippen molar-refractivity contribution in [2.75, 3.05) is 31.8 Å². The zero-order chi connectivity index (χ0) is 19.9. The summed E-state index contributed by atoms with van der Waals surface area (Å²) < 4.78 is 38.2. The van der Waals surface area contributed by atoms with Gasteiger partial charge < -0.3 is 19.5 Å². The van der Waals surface area contributed by atoms with Crippen LogP contribution in [0.1, 0.15) is 12.0 Å². The number of sulfone groups is 1. The normalized spacial score (nSPS) is 17.7. The maximum atomic E-state index is 11.8. The Kier molecular flexibility index (Phi) is 7.23. The van der Waals surface area contributed by atoms with Crippen molar-refractivity contribution in [1.82, 2.24) is 5.32 Å². The van der Waals surface area contributed by atoms with Gasteiger partial charge in [0.2, 0.25) is 0 Å². The highest BCUT2D eigenvalue weighted by atomic mass is 32.2. The summed E-state index contributed by atoms with van der Waals surface area (Å²) in [4.78, 5) is 23.5. The van der Waals surface area contributed by atoms with Crippen LogP contribution in [0.3, 0.4) is 0 Å². The summed E-state index contributed by atoms with van der Waals surface area (Å²) >= 11 is 0. The van der Waals surface area contributed by atoms with E-state index in [4.69, 9.17) is 14.2 Å². The summed E-state index contributed by atoms with van der Waals surface area (Å²) in [7, 11) is -1.59. The number of amides is 1. The van der Waals surface area contributed by atoms with Crippen LogP contribution >= 0.6 is 0 Å². The van der Waals surface area contributed by atoms with Gasteiger partial charge >= 0.3 is 5.97 Å². The fraction of sp³-hybridized carbons (Fsp3) is 0.444. The molecule has 0 saturated carbocycles. The molecule has 1 N–H and O–H groups in total. The molecule has 8 nitrogen and oxygen atoms in total. The first-order valence-corrected chi connectivity index (χ1v) is 10.2. The molecule has 2 rings (SSSR count). The maximum absolute atomic E-state index is 11.8. The molecular weight excluding hydrogens is 374 g/mol. The van der Waals surface area contributed by atoms with Gasteiger partial charge in [0.15, 0.2) is 34.6 Å². The largest absolute Gasteiger partial charge is 0.493 e. The minimum absolute atomic E-state index is 0.0546. The topological polar surface area (TPSA) is 108 Å². The standard InChI is InChI=1S/C18H23NO7S/c1-3-4-13-5-6-15(16(9-13)24-2)25-11-18(21)26-10-17(20)19-14-7-8-27(22,23)12-14/h3,5-6,9,14H,1,4,7-8,10-12H2,2H3,(H,19,20)/t14-/m0/s1. The zero-order valence-corrected chi connectivity index (χ0v) is 15.9. The molecule has 0 unspecified atom stereocenters. The Bertz CT molecular complexity index is 804. The van der Waals surface area contributed by atoms with Gasteiger partial charge in [-0.25, -0.2) is 13.2 Å². The van der Waals surface area contributed by atoms with E-state index < -0.39 is 34.4 Å². The van der Waals surface area contributed by atoms with Crippen LogP contribution in [0.4, 0.5) is 0 Å². The van der Waals surface area contributed by atoms with Crippen LogP contribution in [0, 0.1) is 0 Å². The predicted octanol–water partition coefficient (Wildman–Crippen LogP) is 0.649. The van der Waals surface area contributed by atoms with E-state index in [1.165, 1.54) is 7.11 Å². The van der Waals surface area contributed by atoms with Gasteiger partial charge in [0.1, 0.15) is 0 Å². The van der Waals surface area contributed by atoms with E-state index >= 15 is 0 Å². The Balaban J connectivity index is 1.76. The van der Waals surface area contributed by atoms with Crippen LogP contribution in [0.25, 0.3) is 0 Å². The summed E-state index contributed by atoms with van der Waals surface area (Å²) in [6.45, 7) is 2.79. The summed E-state index contributed by atoms with van der Waals surface area (Å²) in [5.74, 6) is -0.445. The quantitative estimate of drug-likeness (QED) is 0.481. The Morgan fingerprint density at radius 1 is 1.30 bits per heavy atom. The number of methoxy groups -OCH3 is 1. The molecule has 0 spiro atoms. The van der Waals surface area contributed by atoms with Crippen LogP contribution in [0.15, 0.2) is 30.9 Å².